The second-order valence-electron chi connectivity index (χ2n) is 4.23. The quantitative estimate of drug-likeness (QED) is 0.521. The summed E-state index contributed by atoms with van der Waals surface area (Å²) in [4.78, 5) is 0. The first-order valence-electron chi connectivity index (χ1n) is 4.93. The van der Waals surface area contributed by atoms with E-state index < -0.39 is 5.60 Å². The van der Waals surface area contributed by atoms with Gasteiger partial charge in [0.25, 0.3) is 0 Å². The molecule has 2 heterocycles. The smallest absolute Gasteiger partial charge is 0.0964 e. The van der Waals surface area contributed by atoms with E-state index in [1.54, 1.807) is 0 Å². The predicted octanol–water partition coefficient (Wildman–Crippen LogP) is -0.924. The fourth-order valence-electron chi connectivity index (χ4n) is 2.36. The first-order valence-corrected chi connectivity index (χ1v) is 4.93. The summed E-state index contributed by atoms with van der Waals surface area (Å²) in [6.45, 7) is 3.40. The average Bonchev–Trinajstić information content (AvgIpc) is 2.15. The van der Waals surface area contributed by atoms with E-state index in [0.29, 0.717) is 19.6 Å². The zero-order valence-corrected chi connectivity index (χ0v) is 7.88. The van der Waals surface area contributed by atoms with Gasteiger partial charge in [-0.15, -0.1) is 0 Å². The summed E-state index contributed by atoms with van der Waals surface area (Å²) in [6.07, 6.45) is 1.78. The van der Waals surface area contributed by atoms with E-state index in [0.717, 1.165) is 26.1 Å². The molecule has 76 valence electrons. The molecule has 2 fully saturated rings. The van der Waals surface area contributed by atoms with Crippen LogP contribution < -0.4 is 11.1 Å². The summed E-state index contributed by atoms with van der Waals surface area (Å²) < 4.78 is 5.30. The van der Waals surface area contributed by atoms with Gasteiger partial charge in [-0.05, 0) is 12.8 Å². The highest BCUT2D eigenvalue weighted by Gasteiger charge is 2.53. The lowest BCUT2D eigenvalue weighted by Crippen LogP contribution is -2.71. The minimum absolute atomic E-state index is 0.101. The van der Waals surface area contributed by atoms with E-state index in [4.69, 9.17) is 10.5 Å². The van der Waals surface area contributed by atoms with E-state index in [1.165, 1.54) is 0 Å². The standard InChI is InChI=1S/C9H18N2O2/c10-5-8(1-3-13-4-2-8)9(12)6-11-7-9/h11-12H,1-7,10H2. The molecule has 0 amide bonds. The summed E-state index contributed by atoms with van der Waals surface area (Å²) in [7, 11) is 0. The maximum atomic E-state index is 10.3. The highest BCUT2D eigenvalue weighted by molar-refractivity contribution is 5.08. The number of ether oxygens (including phenoxy) is 1. The molecule has 0 aromatic rings. The van der Waals surface area contributed by atoms with Crippen LogP contribution in [0.5, 0.6) is 0 Å². The van der Waals surface area contributed by atoms with Crippen LogP contribution in [0.4, 0.5) is 0 Å². The molecule has 0 aromatic heterocycles. The van der Waals surface area contributed by atoms with Crippen LogP contribution in [-0.4, -0.2) is 43.6 Å². The summed E-state index contributed by atoms with van der Waals surface area (Å²) in [5, 5.41) is 13.4. The van der Waals surface area contributed by atoms with Crippen molar-refractivity contribution in [3.63, 3.8) is 0 Å². The topological polar surface area (TPSA) is 67.5 Å². The zero-order chi connectivity index (χ0) is 9.36. The molecule has 4 heteroatoms. The van der Waals surface area contributed by atoms with Gasteiger partial charge in [-0.1, -0.05) is 0 Å². The van der Waals surface area contributed by atoms with Crippen LogP contribution in [0.2, 0.25) is 0 Å². The van der Waals surface area contributed by atoms with E-state index in [2.05, 4.69) is 5.32 Å². The minimum Gasteiger partial charge on any atom is -0.387 e. The van der Waals surface area contributed by atoms with Crippen molar-refractivity contribution in [3.8, 4) is 0 Å². The SMILES string of the molecule is NCC1(C2(O)CNC2)CCOCC1. The molecule has 0 spiro atoms. The molecule has 2 aliphatic rings. The average molecular weight is 186 g/mol. The largest absolute Gasteiger partial charge is 0.387 e. The van der Waals surface area contributed by atoms with Crippen molar-refractivity contribution in [2.75, 3.05) is 32.8 Å². The number of hydrogen-bond acceptors (Lipinski definition) is 4. The summed E-state index contributed by atoms with van der Waals surface area (Å²) in [6, 6.07) is 0. The van der Waals surface area contributed by atoms with E-state index in [9.17, 15) is 5.11 Å². The van der Waals surface area contributed by atoms with Crippen molar-refractivity contribution in [3.05, 3.63) is 0 Å². The first-order chi connectivity index (χ1) is 6.22. The Labute approximate surface area is 78.4 Å². The van der Waals surface area contributed by atoms with Crippen molar-refractivity contribution in [1.29, 1.82) is 0 Å². The first kappa shape index (κ1) is 9.40. The zero-order valence-electron chi connectivity index (χ0n) is 7.88. The van der Waals surface area contributed by atoms with E-state index >= 15 is 0 Å². The van der Waals surface area contributed by atoms with Crippen LogP contribution >= 0.6 is 0 Å². The highest BCUT2D eigenvalue weighted by atomic mass is 16.5. The Balaban J connectivity index is 2.12. The van der Waals surface area contributed by atoms with Crippen molar-refractivity contribution in [2.45, 2.75) is 18.4 Å². The maximum absolute atomic E-state index is 10.3. The molecular weight excluding hydrogens is 168 g/mol. The molecule has 0 atom stereocenters. The number of aliphatic hydroxyl groups is 1. The van der Waals surface area contributed by atoms with Crippen LogP contribution in [0, 0.1) is 5.41 Å². The van der Waals surface area contributed by atoms with Crippen LogP contribution in [-0.2, 0) is 4.74 Å². The lowest BCUT2D eigenvalue weighted by atomic mass is 9.64. The van der Waals surface area contributed by atoms with Crippen molar-refractivity contribution in [1.82, 2.24) is 5.32 Å². The van der Waals surface area contributed by atoms with Crippen LogP contribution in [0.3, 0.4) is 0 Å². The molecule has 0 aliphatic carbocycles. The summed E-state index contributed by atoms with van der Waals surface area (Å²) in [5.41, 5.74) is 5.11. The predicted molar refractivity (Wildman–Crippen MR) is 49.4 cm³/mol. The lowest BCUT2D eigenvalue weighted by Gasteiger charge is -2.54. The second kappa shape index (κ2) is 3.20. The van der Waals surface area contributed by atoms with Crippen LogP contribution in [0.15, 0.2) is 0 Å². The molecule has 2 aliphatic heterocycles. The number of hydrogen-bond donors (Lipinski definition) is 3. The van der Waals surface area contributed by atoms with Gasteiger partial charge in [0.2, 0.25) is 0 Å². The van der Waals surface area contributed by atoms with Gasteiger partial charge in [0.15, 0.2) is 0 Å². The van der Waals surface area contributed by atoms with Gasteiger partial charge < -0.3 is 20.9 Å². The molecule has 4 N–H and O–H groups in total. The Hall–Kier alpha value is -0.160. The molecule has 2 saturated heterocycles. The number of nitrogens with one attached hydrogen (secondary N) is 1. The Morgan fingerprint density at radius 1 is 1.31 bits per heavy atom. The Kier molecular flexibility index (Phi) is 2.32. The Morgan fingerprint density at radius 3 is 2.31 bits per heavy atom. The third-order valence-corrected chi connectivity index (χ3v) is 3.66. The normalized spacial score (nSPS) is 30.9. The van der Waals surface area contributed by atoms with Gasteiger partial charge in [-0.2, -0.15) is 0 Å². The van der Waals surface area contributed by atoms with Gasteiger partial charge in [0, 0.05) is 38.3 Å². The second-order valence-corrected chi connectivity index (χ2v) is 4.23. The fraction of sp³-hybridized carbons (Fsp3) is 1.00. The molecule has 0 saturated carbocycles. The molecule has 13 heavy (non-hydrogen) atoms. The van der Waals surface area contributed by atoms with E-state index in [1.807, 2.05) is 0 Å². The number of nitrogens with two attached hydrogens (primary N) is 1. The maximum Gasteiger partial charge on any atom is 0.0964 e. The van der Waals surface area contributed by atoms with Gasteiger partial charge >= 0.3 is 0 Å². The molecule has 0 unspecified atom stereocenters. The minimum atomic E-state index is -0.578. The van der Waals surface area contributed by atoms with Crippen molar-refractivity contribution < 1.29 is 9.84 Å². The third-order valence-electron chi connectivity index (χ3n) is 3.66. The van der Waals surface area contributed by atoms with Crippen molar-refractivity contribution in [2.24, 2.45) is 11.1 Å². The van der Waals surface area contributed by atoms with Gasteiger partial charge in [-0.25, -0.2) is 0 Å². The molecule has 0 radical (unpaired) electrons. The summed E-state index contributed by atoms with van der Waals surface area (Å²) >= 11 is 0. The van der Waals surface area contributed by atoms with Crippen molar-refractivity contribution >= 4 is 0 Å². The monoisotopic (exact) mass is 186 g/mol. The molecule has 0 aromatic carbocycles. The van der Waals surface area contributed by atoms with Gasteiger partial charge in [-0.3, -0.25) is 0 Å². The fourth-order valence-corrected chi connectivity index (χ4v) is 2.36. The van der Waals surface area contributed by atoms with Crippen LogP contribution in [0.1, 0.15) is 12.8 Å². The molecule has 0 bridgehead atoms. The Bertz CT molecular complexity index is 186. The number of β-amino-alcohol motifs (C(OH)–C–C–N with tert-alkyl or cyclic N) is 1. The number of rotatable bonds is 2. The summed E-state index contributed by atoms with van der Waals surface area (Å²) in [5.74, 6) is 0. The lowest BCUT2D eigenvalue weighted by molar-refractivity contribution is -0.154. The third kappa shape index (κ3) is 1.29. The highest BCUT2D eigenvalue weighted by Crippen LogP contribution is 2.42. The van der Waals surface area contributed by atoms with Gasteiger partial charge in [0.05, 0.1) is 5.60 Å². The van der Waals surface area contributed by atoms with Crippen LogP contribution in [0.25, 0.3) is 0 Å². The molecule has 4 nitrogen and oxygen atoms in total. The molecule has 2 rings (SSSR count). The van der Waals surface area contributed by atoms with E-state index in [-0.39, 0.29) is 5.41 Å². The Morgan fingerprint density at radius 2 is 1.92 bits per heavy atom. The van der Waals surface area contributed by atoms with Gasteiger partial charge in [0.1, 0.15) is 0 Å². The molecular formula is C9H18N2O2.